The summed E-state index contributed by atoms with van der Waals surface area (Å²) < 4.78 is 0. The largest absolute Gasteiger partial charge is 0.396 e. The molecule has 0 aromatic carbocycles. The van der Waals surface area contributed by atoms with Crippen molar-refractivity contribution in [3.8, 4) is 0 Å². The lowest BCUT2D eigenvalue weighted by Gasteiger charge is -2.15. The Hall–Kier alpha value is -1.00. The summed E-state index contributed by atoms with van der Waals surface area (Å²) in [4.78, 5) is 8.58. The average molecular weight is 237 g/mol. The standard InChI is InChI=1S/C13H23N3O/c1-10(9-17)5-4-6-14-11(2)13-12(3)15-7-8-16-13/h7-8,10-11,14,17H,4-6,9H2,1-3H3. The van der Waals surface area contributed by atoms with Gasteiger partial charge in [-0.3, -0.25) is 9.97 Å². The Morgan fingerprint density at radius 1 is 1.29 bits per heavy atom. The first kappa shape index (κ1) is 14.1. The zero-order chi connectivity index (χ0) is 12.7. The lowest BCUT2D eigenvalue weighted by Crippen LogP contribution is -2.22. The van der Waals surface area contributed by atoms with Gasteiger partial charge in [-0.2, -0.15) is 0 Å². The fraction of sp³-hybridized carbons (Fsp3) is 0.692. The van der Waals surface area contributed by atoms with Gasteiger partial charge in [0.05, 0.1) is 11.4 Å². The number of rotatable bonds is 7. The van der Waals surface area contributed by atoms with Crippen molar-refractivity contribution in [2.75, 3.05) is 13.2 Å². The van der Waals surface area contributed by atoms with Crippen LogP contribution in [0.15, 0.2) is 12.4 Å². The van der Waals surface area contributed by atoms with E-state index in [0.29, 0.717) is 5.92 Å². The van der Waals surface area contributed by atoms with E-state index in [9.17, 15) is 0 Å². The molecule has 2 unspecified atom stereocenters. The van der Waals surface area contributed by atoms with Gasteiger partial charge in [0.15, 0.2) is 0 Å². The minimum Gasteiger partial charge on any atom is -0.396 e. The molecular weight excluding hydrogens is 214 g/mol. The molecule has 4 heteroatoms. The summed E-state index contributed by atoms with van der Waals surface area (Å²) in [7, 11) is 0. The highest BCUT2D eigenvalue weighted by Crippen LogP contribution is 2.12. The van der Waals surface area contributed by atoms with Crippen LogP contribution >= 0.6 is 0 Å². The Morgan fingerprint density at radius 3 is 2.65 bits per heavy atom. The fourth-order valence-electron chi connectivity index (χ4n) is 1.80. The summed E-state index contributed by atoms with van der Waals surface area (Å²) in [6, 6.07) is 0.230. The average Bonchev–Trinajstić information content (AvgIpc) is 2.34. The molecule has 1 aromatic rings. The topological polar surface area (TPSA) is 58.0 Å². The van der Waals surface area contributed by atoms with Gasteiger partial charge in [-0.05, 0) is 39.2 Å². The number of nitrogens with zero attached hydrogens (tertiary/aromatic N) is 2. The molecule has 0 saturated carbocycles. The molecule has 0 amide bonds. The Bertz CT molecular complexity index is 330. The molecule has 2 atom stereocenters. The van der Waals surface area contributed by atoms with Crippen molar-refractivity contribution in [3.63, 3.8) is 0 Å². The van der Waals surface area contributed by atoms with Gasteiger partial charge in [-0.25, -0.2) is 0 Å². The number of aliphatic hydroxyl groups is 1. The molecule has 0 fully saturated rings. The van der Waals surface area contributed by atoms with Crippen LogP contribution in [0.4, 0.5) is 0 Å². The Balaban J connectivity index is 2.30. The molecule has 2 N–H and O–H groups in total. The first-order valence-corrected chi connectivity index (χ1v) is 6.27. The van der Waals surface area contributed by atoms with E-state index in [1.807, 2.05) is 6.92 Å². The van der Waals surface area contributed by atoms with Crippen molar-refractivity contribution in [3.05, 3.63) is 23.8 Å². The SMILES string of the molecule is Cc1nccnc1C(C)NCCCC(C)CO. The van der Waals surface area contributed by atoms with E-state index in [4.69, 9.17) is 5.11 Å². The summed E-state index contributed by atoms with van der Waals surface area (Å²) >= 11 is 0. The van der Waals surface area contributed by atoms with Crippen molar-refractivity contribution in [1.82, 2.24) is 15.3 Å². The Morgan fingerprint density at radius 2 is 2.00 bits per heavy atom. The highest BCUT2D eigenvalue weighted by molar-refractivity contribution is 5.12. The van der Waals surface area contributed by atoms with Gasteiger partial charge in [0.25, 0.3) is 0 Å². The fourth-order valence-corrected chi connectivity index (χ4v) is 1.80. The second-order valence-corrected chi connectivity index (χ2v) is 4.63. The number of aryl methyl sites for hydroxylation is 1. The van der Waals surface area contributed by atoms with Crippen LogP contribution in [0, 0.1) is 12.8 Å². The van der Waals surface area contributed by atoms with Crippen LogP contribution in [-0.4, -0.2) is 28.2 Å². The third-order valence-corrected chi connectivity index (χ3v) is 2.97. The Kier molecular flexibility index (Phi) is 6.08. The van der Waals surface area contributed by atoms with E-state index in [2.05, 4.69) is 29.1 Å². The molecule has 0 radical (unpaired) electrons. The summed E-state index contributed by atoms with van der Waals surface area (Å²) in [5.74, 6) is 0.394. The van der Waals surface area contributed by atoms with Crippen LogP contribution in [0.3, 0.4) is 0 Å². The predicted molar refractivity (Wildman–Crippen MR) is 68.7 cm³/mol. The van der Waals surface area contributed by atoms with Crippen LogP contribution in [0.25, 0.3) is 0 Å². The minimum absolute atomic E-state index is 0.230. The third kappa shape index (κ3) is 4.79. The van der Waals surface area contributed by atoms with Crippen molar-refractivity contribution in [2.24, 2.45) is 5.92 Å². The minimum atomic E-state index is 0.230. The summed E-state index contributed by atoms with van der Waals surface area (Å²) in [5, 5.41) is 12.4. The number of hydrogen-bond donors (Lipinski definition) is 2. The second kappa shape index (κ2) is 7.35. The van der Waals surface area contributed by atoms with Gasteiger partial charge in [0, 0.05) is 25.0 Å². The summed E-state index contributed by atoms with van der Waals surface area (Å²) in [5.41, 5.74) is 2.00. The van der Waals surface area contributed by atoms with E-state index in [1.54, 1.807) is 12.4 Å². The van der Waals surface area contributed by atoms with Gasteiger partial charge in [-0.1, -0.05) is 6.92 Å². The van der Waals surface area contributed by atoms with Crippen molar-refractivity contribution < 1.29 is 5.11 Å². The molecule has 0 aliphatic heterocycles. The first-order chi connectivity index (χ1) is 8.15. The first-order valence-electron chi connectivity index (χ1n) is 6.27. The highest BCUT2D eigenvalue weighted by atomic mass is 16.3. The van der Waals surface area contributed by atoms with Crippen molar-refractivity contribution >= 4 is 0 Å². The maximum atomic E-state index is 8.92. The summed E-state index contributed by atoms with van der Waals surface area (Å²) in [6.45, 7) is 7.37. The van der Waals surface area contributed by atoms with E-state index < -0.39 is 0 Å². The van der Waals surface area contributed by atoms with Gasteiger partial charge in [-0.15, -0.1) is 0 Å². The molecule has 0 aliphatic carbocycles. The molecule has 0 bridgehead atoms. The zero-order valence-electron chi connectivity index (χ0n) is 11.0. The van der Waals surface area contributed by atoms with Crippen LogP contribution in [-0.2, 0) is 0 Å². The summed E-state index contributed by atoms with van der Waals surface area (Å²) in [6.07, 6.45) is 5.57. The van der Waals surface area contributed by atoms with Crippen LogP contribution in [0.1, 0.15) is 44.1 Å². The molecule has 96 valence electrons. The highest BCUT2D eigenvalue weighted by Gasteiger charge is 2.09. The van der Waals surface area contributed by atoms with E-state index in [-0.39, 0.29) is 12.6 Å². The van der Waals surface area contributed by atoms with E-state index >= 15 is 0 Å². The third-order valence-electron chi connectivity index (χ3n) is 2.97. The maximum Gasteiger partial charge on any atom is 0.0782 e. The molecule has 1 rings (SSSR count). The van der Waals surface area contributed by atoms with Gasteiger partial charge >= 0.3 is 0 Å². The predicted octanol–water partition coefficient (Wildman–Crippen LogP) is 1.84. The van der Waals surface area contributed by atoms with Crippen molar-refractivity contribution in [2.45, 2.75) is 39.7 Å². The molecule has 0 saturated heterocycles. The van der Waals surface area contributed by atoms with Gasteiger partial charge < -0.3 is 10.4 Å². The van der Waals surface area contributed by atoms with Crippen molar-refractivity contribution in [1.29, 1.82) is 0 Å². The van der Waals surface area contributed by atoms with E-state index in [1.165, 1.54) is 0 Å². The molecule has 17 heavy (non-hydrogen) atoms. The number of hydrogen-bond acceptors (Lipinski definition) is 4. The maximum absolute atomic E-state index is 8.92. The van der Waals surface area contributed by atoms with Crippen LogP contribution < -0.4 is 5.32 Å². The molecule has 0 spiro atoms. The lowest BCUT2D eigenvalue weighted by molar-refractivity contribution is 0.227. The van der Waals surface area contributed by atoms with Gasteiger partial charge in [0.1, 0.15) is 0 Å². The normalized spacial score (nSPS) is 14.6. The molecule has 4 nitrogen and oxygen atoms in total. The van der Waals surface area contributed by atoms with Crippen LogP contribution in [0.5, 0.6) is 0 Å². The smallest absolute Gasteiger partial charge is 0.0782 e. The molecule has 0 aliphatic rings. The van der Waals surface area contributed by atoms with Crippen LogP contribution in [0.2, 0.25) is 0 Å². The zero-order valence-corrected chi connectivity index (χ0v) is 11.0. The molecular formula is C13H23N3O. The van der Waals surface area contributed by atoms with Gasteiger partial charge in [0.2, 0.25) is 0 Å². The number of aliphatic hydroxyl groups excluding tert-OH is 1. The number of nitrogens with one attached hydrogen (secondary N) is 1. The second-order valence-electron chi connectivity index (χ2n) is 4.63. The molecule has 1 aromatic heterocycles. The van der Waals surface area contributed by atoms with E-state index in [0.717, 1.165) is 30.8 Å². The monoisotopic (exact) mass is 237 g/mol. The quantitative estimate of drug-likeness (QED) is 0.711. The number of aromatic nitrogens is 2. The lowest BCUT2D eigenvalue weighted by atomic mass is 10.1. The molecule has 1 heterocycles. The Labute approximate surface area is 103 Å².